The molecule has 1 atom stereocenters. The normalized spacial score (nSPS) is 12.2. The molecular formula is C16H21N3O2. The first kappa shape index (κ1) is 15.3. The molecule has 0 saturated carbocycles. The van der Waals surface area contributed by atoms with Crippen molar-refractivity contribution in [2.45, 2.75) is 33.3 Å². The lowest BCUT2D eigenvalue weighted by molar-refractivity contribution is 0.0923. The second kappa shape index (κ2) is 6.54. The number of benzene rings is 1. The van der Waals surface area contributed by atoms with E-state index in [9.17, 15) is 9.90 Å². The number of nitrogens with one attached hydrogen (secondary N) is 1. The molecule has 5 nitrogen and oxygen atoms in total. The molecule has 0 aliphatic rings. The first-order valence-electron chi connectivity index (χ1n) is 7.13. The van der Waals surface area contributed by atoms with Gasteiger partial charge >= 0.3 is 0 Å². The van der Waals surface area contributed by atoms with Gasteiger partial charge in [0.2, 0.25) is 0 Å². The number of hydrogen-bond acceptors (Lipinski definition) is 3. The minimum absolute atomic E-state index is 0.203. The number of aryl methyl sites for hydroxylation is 1. The van der Waals surface area contributed by atoms with Gasteiger partial charge < -0.3 is 10.4 Å². The van der Waals surface area contributed by atoms with Crippen LogP contribution in [0.5, 0.6) is 0 Å². The lowest BCUT2D eigenvalue weighted by Gasteiger charge is -2.09. The molecule has 1 aromatic heterocycles. The number of aromatic nitrogens is 2. The quantitative estimate of drug-likeness (QED) is 0.882. The maximum Gasteiger partial charge on any atom is 0.254 e. The SMILES string of the molecule is CCc1c(C(=O)NCC(C)O)cnn1-c1ccc(C)cc1. The molecule has 0 spiro atoms. The Balaban J connectivity index is 2.29. The van der Waals surface area contributed by atoms with Crippen molar-refractivity contribution < 1.29 is 9.90 Å². The largest absolute Gasteiger partial charge is 0.392 e. The molecule has 0 bridgehead atoms. The van der Waals surface area contributed by atoms with Crippen LogP contribution in [0.3, 0.4) is 0 Å². The smallest absolute Gasteiger partial charge is 0.254 e. The lowest BCUT2D eigenvalue weighted by atomic mass is 10.1. The molecule has 2 N–H and O–H groups in total. The third kappa shape index (κ3) is 3.49. The van der Waals surface area contributed by atoms with Gasteiger partial charge in [0.25, 0.3) is 5.91 Å². The highest BCUT2D eigenvalue weighted by Gasteiger charge is 2.17. The molecule has 0 aliphatic heterocycles. The van der Waals surface area contributed by atoms with Crippen molar-refractivity contribution in [3.8, 4) is 5.69 Å². The van der Waals surface area contributed by atoms with Gasteiger partial charge in [-0.2, -0.15) is 5.10 Å². The molecule has 112 valence electrons. The fourth-order valence-electron chi connectivity index (χ4n) is 2.15. The van der Waals surface area contributed by atoms with Crippen LogP contribution in [-0.2, 0) is 6.42 Å². The van der Waals surface area contributed by atoms with E-state index in [0.717, 1.165) is 11.4 Å². The maximum atomic E-state index is 12.2. The van der Waals surface area contributed by atoms with Gasteiger partial charge in [0.1, 0.15) is 0 Å². The summed E-state index contributed by atoms with van der Waals surface area (Å²) in [6.07, 6.45) is 1.72. The summed E-state index contributed by atoms with van der Waals surface area (Å²) < 4.78 is 1.79. The summed E-state index contributed by atoms with van der Waals surface area (Å²) >= 11 is 0. The Hall–Kier alpha value is -2.14. The van der Waals surface area contributed by atoms with Crippen molar-refractivity contribution in [2.75, 3.05) is 6.54 Å². The fourth-order valence-corrected chi connectivity index (χ4v) is 2.15. The highest BCUT2D eigenvalue weighted by atomic mass is 16.3. The van der Waals surface area contributed by atoms with Gasteiger partial charge in [0.15, 0.2) is 0 Å². The monoisotopic (exact) mass is 287 g/mol. The number of carbonyl (C=O) groups excluding carboxylic acids is 1. The number of amides is 1. The number of nitrogens with zero attached hydrogens (tertiary/aromatic N) is 2. The summed E-state index contributed by atoms with van der Waals surface area (Å²) in [6, 6.07) is 8.01. The highest BCUT2D eigenvalue weighted by molar-refractivity contribution is 5.95. The topological polar surface area (TPSA) is 67.2 Å². The Kier molecular flexibility index (Phi) is 4.75. The van der Waals surface area contributed by atoms with E-state index in [2.05, 4.69) is 10.4 Å². The zero-order valence-electron chi connectivity index (χ0n) is 12.6. The Morgan fingerprint density at radius 3 is 2.62 bits per heavy atom. The van der Waals surface area contributed by atoms with E-state index in [-0.39, 0.29) is 12.5 Å². The van der Waals surface area contributed by atoms with Crippen molar-refractivity contribution in [3.05, 3.63) is 47.3 Å². The minimum Gasteiger partial charge on any atom is -0.392 e. The van der Waals surface area contributed by atoms with Gasteiger partial charge in [-0.1, -0.05) is 24.6 Å². The van der Waals surface area contributed by atoms with Crippen LogP contribution in [0.15, 0.2) is 30.5 Å². The molecule has 1 amide bonds. The van der Waals surface area contributed by atoms with Gasteiger partial charge in [-0.3, -0.25) is 4.79 Å². The van der Waals surface area contributed by atoms with Crippen molar-refractivity contribution in [1.29, 1.82) is 0 Å². The summed E-state index contributed by atoms with van der Waals surface area (Å²) in [7, 11) is 0. The number of carbonyl (C=O) groups is 1. The van der Waals surface area contributed by atoms with Crippen LogP contribution in [0.1, 0.15) is 35.5 Å². The van der Waals surface area contributed by atoms with Gasteiger partial charge in [0.05, 0.1) is 29.2 Å². The highest BCUT2D eigenvalue weighted by Crippen LogP contribution is 2.16. The molecule has 5 heteroatoms. The predicted octanol–water partition coefficient (Wildman–Crippen LogP) is 1.85. The van der Waals surface area contributed by atoms with E-state index in [1.54, 1.807) is 17.8 Å². The third-order valence-corrected chi connectivity index (χ3v) is 3.28. The zero-order valence-corrected chi connectivity index (χ0v) is 12.6. The molecule has 2 aromatic rings. The van der Waals surface area contributed by atoms with Crippen LogP contribution in [0.4, 0.5) is 0 Å². The Morgan fingerprint density at radius 2 is 2.05 bits per heavy atom. The van der Waals surface area contributed by atoms with Crippen molar-refractivity contribution in [3.63, 3.8) is 0 Å². The first-order chi connectivity index (χ1) is 10.0. The molecule has 1 heterocycles. The molecule has 0 saturated heterocycles. The van der Waals surface area contributed by atoms with Gasteiger partial charge in [-0.25, -0.2) is 4.68 Å². The summed E-state index contributed by atoms with van der Waals surface area (Å²) in [4.78, 5) is 12.2. The van der Waals surface area contributed by atoms with E-state index < -0.39 is 6.10 Å². The van der Waals surface area contributed by atoms with Crippen LogP contribution in [-0.4, -0.2) is 33.4 Å². The maximum absolute atomic E-state index is 12.2. The van der Waals surface area contributed by atoms with Crippen LogP contribution >= 0.6 is 0 Å². The number of hydrogen-bond donors (Lipinski definition) is 2. The molecule has 0 radical (unpaired) electrons. The van der Waals surface area contributed by atoms with Gasteiger partial charge in [-0.05, 0) is 32.4 Å². The van der Waals surface area contributed by atoms with E-state index in [0.29, 0.717) is 12.0 Å². The molecule has 1 unspecified atom stereocenters. The number of rotatable bonds is 5. The molecule has 1 aromatic carbocycles. The first-order valence-corrected chi connectivity index (χ1v) is 7.13. The summed E-state index contributed by atoms with van der Waals surface area (Å²) in [6.45, 7) is 5.89. The van der Waals surface area contributed by atoms with Crippen LogP contribution in [0, 0.1) is 6.92 Å². The second-order valence-corrected chi connectivity index (χ2v) is 5.16. The summed E-state index contributed by atoms with van der Waals surface area (Å²) in [5, 5.41) is 16.3. The van der Waals surface area contributed by atoms with E-state index in [4.69, 9.17) is 0 Å². The zero-order chi connectivity index (χ0) is 15.4. The fraction of sp³-hybridized carbons (Fsp3) is 0.375. The molecule has 0 aliphatic carbocycles. The van der Waals surface area contributed by atoms with E-state index in [1.165, 1.54) is 5.56 Å². The van der Waals surface area contributed by atoms with Crippen LogP contribution in [0.25, 0.3) is 5.69 Å². The summed E-state index contributed by atoms with van der Waals surface area (Å²) in [5.74, 6) is -0.203. The second-order valence-electron chi connectivity index (χ2n) is 5.16. The van der Waals surface area contributed by atoms with Crippen molar-refractivity contribution in [2.24, 2.45) is 0 Å². The molecule has 2 rings (SSSR count). The van der Waals surface area contributed by atoms with Crippen molar-refractivity contribution >= 4 is 5.91 Å². The Bertz CT molecular complexity index is 615. The lowest BCUT2D eigenvalue weighted by Crippen LogP contribution is -2.31. The third-order valence-electron chi connectivity index (χ3n) is 3.28. The Morgan fingerprint density at radius 1 is 1.38 bits per heavy atom. The predicted molar refractivity (Wildman–Crippen MR) is 81.7 cm³/mol. The van der Waals surface area contributed by atoms with Gasteiger partial charge in [0, 0.05) is 6.54 Å². The van der Waals surface area contributed by atoms with E-state index in [1.807, 2.05) is 38.1 Å². The standard InChI is InChI=1S/C16H21N3O2/c1-4-15-14(16(21)17-9-12(3)20)10-18-19(15)13-7-5-11(2)6-8-13/h5-8,10,12,20H,4,9H2,1-3H3,(H,17,21). The molecular weight excluding hydrogens is 266 g/mol. The summed E-state index contributed by atoms with van der Waals surface area (Å²) in [5.41, 5.74) is 3.53. The number of aliphatic hydroxyl groups excluding tert-OH is 1. The molecule has 0 fully saturated rings. The van der Waals surface area contributed by atoms with Crippen molar-refractivity contribution in [1.82, 2.24) is 15.1 Å². The molecule has 21 heavy (non-hydrogen) atoms. The Labute approximate surface area is 124 Å². The average molecular weight is 287 g/mol. The minimum atomic E-state index is -0.564. The van der Waals surface area contributed by atoms with E-state index >= 15 is 0 Å². The number of aliphatic hydroxyl groups is 1. The average Bonchev–Trinajstić information content (AvgIpc) is 2.89. The van der Waals surface area contributed by atoms with Crippen LogP contribution < -0.4 is 5.32 Å². The van der Waals surface area contributed by atoms with Crippen LogP contribution in [0.2, 0.25) is 0 Å². The van der Waals surface area contributed by atoms with Gasteiger partial charge in [-0.15, -0.1) is 0 Å².